The molecule has 4 heterocycles. The van der Waals surface area contributed by atoms with Crippen molar-refractivity contribution in [3.63, 3.8) is 0 Å². The number of nitrogens with zero attached hydrogens (tertiary/aromatic N) is 6. The lowest BCUT2D eigenvalue weighted by Gasteiger charge is -2.38. The summed E-state index contributed by atoms with van der Waals surface area (Å²) >= 11 is 0. The van der Waals surface area contributed by atoms with E-state index in [-0.39, 0.29) is 25.0 Å². The quantitative estimate of drug-likeness (QED) is 0.318. The van der Waals surface area contributed by atoms with E-state index in [1.165, 1.54) is 0 Å². The molecule has 0 bridgehead atoms. The molecule has 5 rings (SSSR count). The van der Waals surface area contributed by atoms with Crippen LogP contribution in [-0.2, 0) is 9.47 Å². The normalized spacial score (nSPS) is 17.5. The lowest BCUT2D eigenvalue weighted by atomic mass is 9.95. The average Bonchev–Trinajstić information content (AvgIpc) is 3.33. The maximum absolute atomic E-state index is 12.5. The van der Waals surface area contributed by atoms with E-state index in [0.717, 1.165) is 86.5 Å². The van der Waals surface area contributed by atoms with E-state index in [2.05, 4.69) is 45.0 Å². The third kappa shape index (κ3) is 7.75. The maximum atomic E-state index is 12.5. The van der Waals surface area contributed by atoms with Gasteiger partial charge in [0, 0.05) is 51.4 Å². The second-order valence-corrected chi connectivity index (χ2v) is 13.0. The molecule has 234 valence electrons. The van der Waals surface area contributed by atoms with Crippen LogP contribution in [-0.4, -0.2) is 94.1 Å². The zero-order chi connectivity index (χ0) is 30.6. The number of anilines is 1. The molecule has 2 aliphatic heterocycles. The standard InChI is InChI=1S/C32H47N7O4/c1-22(2)33-30-29-27(19-26(34-35-29)25-9-7-8-10-28(25)42-21-41-6)39(36-30)24-13-15-37(16-14-24)20-23-11-17-38(18-12-23)31(40)43-32(3,4)5/h7-10,19,22-24H,11-18,20-21H2,1-6H3,(H,33,36). The van der Waals surface area contributed by atoms with Crippen molar-refractivity contribution in [2.45, 2.75) is 78.0 Å². The van der Waals surface area contributed by atoms with E-state index in [4.69, 9.17) is 19.3 Å². The highest BCUT2D eigenvalue weighted by Crippen LogP contribution is 2.34. The van der Waals surface area contributed by atoms with Crippen LogP contribution in [0.25, 0.3) is 22.3 Å². The number of piperidine rings is 2. The zero-order valence-electron chi connectivity index (χ0n) is 26.5. The van der Waals surface area contributed by atoms with Gasteiger partial charge in [-0.05, 0) is 84.4 Å². The minimum Gasteiger partial charge on any atom is -0.467 e. The summed E-state index contributed by atoms with van der Waals surface area (Å²) in [6.07, 6.45) is 3.87. The van der Waals surface area contributed by atoms with Crippen LogP contribution < -0.4 is 10.1 Å². The number of carbonyl (C=O) groups is 1. The molecule has 2 saturated heterocycles. The van der Waals surface area contributed by atoms with Crippen molar-refractivity contribution in [2.24, 2.45) is 5.92 Å². The van der Waals surface area contributed by atoms with Gasteiger partial charge in [0.25, 0.3) is 0 Å². The third-order valence-corrected chi connectivity index (χ3v) is 8.06. The highest BCUT2D eigenvalue weighted by Gasteiger charge is 2.30. The lowest BCUT2D eigenvalue weighted by Crippen LogP contribution is -2.45. The minimum absolute atomic E-state index is 0.161. The number of hydrogen-bond donors (Lipinski definition) is 1. The van der Waals surface area contributed by atoms with Crippen LogP contribution >= 0.6 is 0 Å². The highest BCUT2D eigenvalue weighted by molar-refractivity contribution is 5.88. The molecule has 11 nitrogen and oxygen atoms in total. The minimum atomic E-state index is -0.457. The molecule has 0 atom stereocenters. The summed E-state index contributed by atoms with van der Waals surface area (Å²) in [6, 6.07) is 10.4. The number of fused-ring (bicyclic) bond motifs is 1. The molecule has 11 heteroatoms. The number of aromatic nitrogens is 4. The van der Waals surface area contributed by atoms with E-state index in [9.17, 15) is 4.79 Å². The van der Waals surface area contributed by atoms with Crippen molar-refractivity contribution in [2.75, 3.05) is 51.9 Å². The fourth-order valence-corrected chi connectivity index (χ4v) is 5.98. The van der Waals surface area contributed by atoms with Gasteiger partial charge >= 0.3 is 6.09 Å². The Morgan fingerprint density at radius 2 is 1.77 bits per heavy atom. The van der Waals surface area contributed by atoms with Crippen molar-refractivity contribution in [1.29, 1.82) is 0 Å². The summed E-state index contributed by atoms with van der Waals surface area (Å²) in [7, 11) is 1.61. The first-order valence-electron chi connectivity index (χ1n) is 15.5. The summed E-state index contributed by atoms with van der Waals surface area (Å²) in [6.45, 7) is 14.8. The van der Waals surface area contributed by atoms with Gasteiger partial charge in [-0.25, -0.2) is 4.79 Å². The number of carbonyl (C=O) groups excluding carboxylic acids is 1. The molecule has 0 radical (unpaired) electrons. The number of para-hydroxylation sites is 1. The predicted molar refractivity (Wildman–Crippen MR) is 167 cm³/mol. The molecular weight excluding hydrogens is 546 g/mol. The third-order valence-electron chi connectivity index (χ3n) is 8.06. The molecular formula is C32H47N7O4. The lowest BCUT2D eigenvalue weighted by molar-refractivity contribution is 0.0164. The van der Waals surface area contributed by atoms with Gasteiger partial charge < -0.3 is 29.3 Å². The van der Waals surface area contributed by atoms with Crippen molar-refractivity contribution >= 4 is 22.9 Å². The van der Waals surface area contributed by atoms with E-state index in [1.807, 2.05) is 49.9 Å². The molecule has 1 aromatic carbocycles. The fraction of sp³-hybridized carbons (Fsp3) is 0.625. The fourth-order valence-electron chi connectivity index (χ4n) is 5.98. The number of ether oxygens (including phenoxy) is 3. The molecule has 0 saturated carbocycles. The second kappa shape index (κ2) is 13.5. The molecule has 3 aromatic rings. The first-order valence-corrected chi connectivity index (χ1v) is 15.5. The summed E-state index contributed by atoms with van der Waals surface area (Å²) in [5.41, 5.74) is 2.91. The van der Waals surface area contributed by atoms with Crippen LogP contribution in [0, 0.1) is 5.92 Å². The van der Waals surface area contributed by atoms with Crippen molar-refractivity contribution in [3.8, 4) is 17.0 Å². The highest BCUT2D eigenvalue weighted by atomic mass is 16.7. The van der Waals surface area contributed by atoms with Crippen LogP contribution in [0.3, 0.4) is 0 Å². The number of rotatable bonds is 9. The summed E-state index contributed by atoms with van der Waals surface area (Å²) in [5.74, 6) is 2.07. The first-order chi connectivity index (χ1) is 20.6. The Morgan fingerprint density at radius 1 is 1.05 bits per heavy atom. The van der Waals surface area contributed by atoms with Gasteiger partial charge in [0.05, 0.1) is 17.3 Å². The Balaban J connectivity index is 1.26. The zero-order valence-corrected chi connectivity index (χ0v) is 26.5. The largest absolute Gasteiger partial charge is 0.467 e. The molecule has 1 N–H and O–H groups in total. The molecule has 1 amide bonds. The summed E-state index contributed by atoms with van der Waals surface area (Å²) in [4.78, 5) is 16.9. The van der Waals surface area contributed by atoms with Crippen LogP contribution in [0.4, 0.5) is 10.6 Å². The molecule has 43 heavy (non-hydrogen) atoms. The van der Waals surface area contributed by atoms with Gasteiger partial charge in [0.15, 0.2) is 18.1 Å². The van der Waals surface area contributed by atoms with Crippen molar-refractivity contribution < 1.29 is 19.0 Å². The molecule has 2 fully saturated rings. The van der Waals surface area contributed by atoms with Crippen molar-refractivity contribution in [1.82, 2.24) is 29.8 Å². The number of hydrogen-bond acceptors (Lipinski definition) is 9. The van der Waals surface area contributed by atoms with E-state index in [1.54, 1.807) is 7.11 Å². The smallest absolute Gasteiger partial charge is 0.410 e. The van der Waals surface area contributed by atoms with Crippen molar-refractivity contribution in [3.05, 3.63) is 30.3 Å². The Bertz CT molecular complexity index is 1370. The van der Waals surface area contributed by atoms with Crippen LogP contribution in [0.5, 0.6) is 5.75 Å². The summed E-state index contributed by atoms with van der Waals surface area (Å²) in [5, 5.41) is 17.7. The number of benzene rings is 1. The number of likely N-dealkylation sites (tertiary alicyclic amines) is 2. The average molecular weight is 594 g/mol. The first kappa shape index (κ1) is 31.0. The van der Waals surface area contributed by atoms with Gasteiger partial charge in [-0.1, -0.05) is 12.1 Å². The van der Waals surface area contributed by atoms with E-state index in [0.29, 0.717) is 11.7 Å². The number of methoxy groups -OCH3 is 1. The van der Waals surface area contributed by atoms with Gasteiger partial charge in [-0.15, -0.1) is 10.2 Å². The molecule has 0 spiro atoms. The van der Waals surface area contributed by atoms with Gasteiger partial charge in [0.2, 0.25) is 0 Å². The van der Waals surface area contributed by atoms with Crippen LogP contribution in [0.2, 0.25) is 0 Å². The van der Waals surface area contributed by atoms with Crippen LogP contribution in [0.1, 0.15) is 66.3 Å². The van der Waals surface area contributed by atoms with E-state index < -0.39 is 5.60 Å². The molecule has 2 aromatic heterocycles. The second-order valence-electron chi connectivity index (χ2n) is 13.0. The number of amides is 1. The topological polar surface area (TPSA) is 107 Å². The Morgan fingerprint density at radius 3 is 2.44 bits per heavy atom. The van der Waals surface area contributed by atoms with Gasteiger partial charge in [0.1, 0.15) is 11.4 Å². The number of nitrogens with one attached hydrogen (secondary N) is 1. The Kier molecular flexibility index (Phi) is 9.71. The molecule has 0 aliphatic carbocycles. The summed E-state index contributed by atoms with van der Waals surface area (Å²) < 4.78 is 18.7. The Hall–Kier alpha value is -3.44. The van der Waals surface area contributed by atoms with Crippen LogP contribution in [0.15, 0.2) is 30.3 Å². The Labute approximate surface area is 254 Å². The SMILES string of the molecule is COCOc1ccccc1-c1cc2c(nn1)c(NC(C)C)nn2C1CCN(CC2CCN(C(=O)OC(C)(C)C)CC2)CC1. The van der Waals surface area contributed by atoms with E-state index >= 15 is 0 Å². The maximum Gasteiger partial charge on any atom is 0.410 e. The molecule has 2 aliphatic rings. The monoisotopic (exact) mass is 593 g/mol. The van der Waals surface area contributed by atoms with Gasteiger partial charge in [-0.3, -0.25) is 4.68 Å². The predicted octanol–water partition coefficient (Wildman–Crippen LogP) is 5.58. The van der Waals surface area contributed by atoms with Gasteiger partial charge in [-0.2, -0.15) is 5.10 Å². The molecule has 0 unspecified atom stereocenters.